The molecule has 1 fully saturated rings. The molecule has 1 N–H and O–H groups in total. The van der Waals surface area contributed by atoms with E-state index in [2.05, 4.69) is 22.0 Å². The summed E-state index contributed by atoms with van der Waals surface area (Å²) in [7, 11) is 0. The zero-order valence-corrected chi connectivity index (χ0v) is 14.8. The van der Waals surface area contributed by atoms with Gasteiger partial charge in [-0.2, -0.15) is 4.98 Å². The minimum absolute atomic E-state index is 0.157. The minimum atomic E-state index is -0.157. The molecule has 0 aliphatic carbocycles. The number of aryl methyl sites for hydroxylation is 1. The first kappa shape index (κ1) is 16.7. The molecule has 6 heteroatoms. The van der Waals surface area contributed by atoms with Crippen LogP contribution >= 0.6 is 0 Å². The van der Waals surface area contributed by atoms with E-state index < -0.39 is 0 Å². The van der Waals surface area contributed by atoms with Crippen molar-refractivity contribution in [3.63, 3.8) is 0 Å². The van der Waals surface area contributed by atoms with Gasteiger partial charge in [-0.15, -0.1) is 0 Å². The third-order valence-electron chi connectivity index (χ3n) is 4.84. The van der Waals surface area contributed by atoms with Gasteiger partial charge in [0.25, 0.3) is 5.89 Å². The summed E-state index contributed by atoms with van der Waals surface area (Å²) in [4.78, 5) is 8.00. The number of benzene rings is 2. The molecule has 0 amide bonds. The van der Waals surface area contributed by atoms with Gasteiger partial charge in [0.1, 0.15) is 5.82 Å². The first-order valence-corrected chi connectivity index (χ1v) is 8.92. The van der Waals surface area contributed by atoms with Crippen molar-refractivity contribution in [1.29, 1.82) is 0 Å². The highest BCUT2D eigenvalue weighted by molar-refractivity contribution is 5.54. The molecular weight excluding hydrogens is 331 g/mol. The van der Waals surface area contributed by atoms with Crippen LogP contribution in [0.3, 0.4) is 0 Å². The van der Waals surface area contributed by atoms with Crippen molar-refractivity contribution in [2.75, 3.05) is 31.1 Å². The van der Waals surface area contributed by atoms with Crippen LogP contribution in [0.4, 0.5) is 10.1 Å². The van der Waals surface area contributed by atoms with Crippen LogP contribution in [0, 0.1) is 12.7 Å². The smallest absolute Gasteiger partial charge is 0.282 e. The van der Waals surface area contributed by atoms with Gasteiger partial charge >= 0.3 is 0 Å². The Hall–Kier alpha value is -2.73. The second-order valence-electron chi connectivity index (χ2n) is 6.74. The van der Waals surface area contributed by atoms with Crippen molar-refractivity contribution in [3.05, 3.63) is 65.8 Å². The quantitative estimate of drug-likeness (QED) is 0.780. The first-order chi connectivity index (χ1) is 12.7. The van der Waals surface area contributed by atoms with E-state index in [9.17, 15) is 4.39 Å². The monoisotopic (exact) mass is 353 g/mol. The molecule has 1 aromatic heterocycles. The van der Waals surface area contributed by atoms with Gasteiger partial charge in [-0.3, -0.25) is 0 Å². The minimum Gasteiger partial charge on any atom is -0.358 e. The Balaban J connectivity index is 1.36. The number of rotatable bonds is 4. The molecule has 2 aromatic carbocycles. The van der Waals surface area contributed by atoms with Gasteiger partial charge in [0.2, 0.25) is 5.82 Å². The van der Waals surface area contributed by atoms with E-state index in [0.717, 1.165) is 31.7 Å². The van der Waals surface area contributed by atoms with Crippen LogP contribution in [0.25, 0.3) is 11.4 Å². The molecule has 3 aromatic rings. The van der Waals surface area contributed by atoms with Crippen molar-refractivity contribution in [1.82, 2.24) is 10.1 Å². The van der Waals surface area contributed by atoms with E-state index in [1.165, 1.54) is 16.5 Å². The summed E-state index contributed by atoms with van der Waals surface area (Å²) in [6, 6.07) is 15.0. The van der Waals surface area contributed by atoms with Crippen molar-refractivity contribution < 1.29 is 13.8 Å². The average molecular weight is 353 g/mol. The van der Waals surface area contributed by atoms with Crippen LogP contribution in [0.5, 0.6) is 0 Å². The molecule has 0 spiro atoms. The lowest BCUT2D eigenvalue weighted by molar-refractivity contribution is -0.915. The van der Waals surface area contributed by atoms with E-state index >= 15 is 0 Å². The van der Waals surface area contributed by atoms with Gasteiger partial charge in [-0.05, 0) is 19.1 Å². The van der Waals surface area contributed by atoms with Gasteiger partial charge in [-0.25, -0.2) is 4.39 Å². The Kier molecular flexibility index (Phi) is 4.67. The summed E-state index contributed by atoms with van der Waals surface area (Å²) in [5, 5.41) is 4.10. The van der Waals surface area contributed by atoms with Gasteiger partial charge < -0.3 is 14.3 Å². The Labute approximate surface area is 152 Å². The maximum atomic E-state index is 13.9. The molecule has 0 radical (unpaired) electrons. The fourth-order valence-electron chi connectivity index (χ4n) is 3.31. The van der Waals surface area contributed by atoms with Crippen molar-refractivity contribution >= 4 is 5.69 Å². The van der Waals surface area contributed by atoms with E-state index in [1.54, 1.807) is 6.07 Å². The van der Waals surface area contributed by atoms with Crippen LogP contribution in [-0.4, -0.2) is 36.3 Å². The van der Waals surface area contributed by atoms with Gasteiger partial charge in [0.15, 0.2) is 6.54 Å². The fourth-order valence-corrected chi connectivity index (χ4v) is 3.31. The lowest BCUT2D eigenvalue weighted by atomic mass is 10.1. The SMILES string of the molecule is Cc1ccc(-c2noc(C[NH+]3CCN(c4ccccc4F)CC3)n2)cc1. The lowest BCUT2D eigenvalue weighted by Crippen LogP contribution is -3.13. The van der Waals surface area contributed by atoms with Gasteiger partial charge in [-0.1, -0.05) is 47.1 Å². The normalized spacial score (nSPS) is 15.4. The van der Waals surface area contributed by atoms with Crippen molar-refractivity contribution in [2.45, 2.75) is 13.5 Å². The number of nitrogens with zero attached hydrogens (tertiary/aromatic N) is 3. The van der Waals surface area contributed by atoms with E-state index in [-0.39, 0.29) is 5.82 Å². The first-order valence-electron chi connectivity index (χ1n) is 8.92. The number of anilines is 1. The molecule has 26 heavy (non-hydrogen) atoms. The number of quaternary nitrogens is 1. The lowest BCUT2D eigenvalue weighted by Gasteiger charge is -2.33. The number of nitrogens with one attached hydrogen (secondary N) is 1. The summed E-state index contributed by atoms with van der Waals surface area (Å²) in [5.74, 6) is 1.12. The predicted octanol–water partition coefficient (Wildman–Crippen LogP) is 2.09. The topological polar surface area (TPSA) is 46.6 Å². The van der Waals surface area contributed by atoms with Crippen LogP contribution in [0.15, 0.2) is 53.1 Å². The second kappa shape index (κ2) is 7.25. The number of piperazine rings is 1. The molecule has 2 heterocycles. The average Bonchev–Trinajstić information content (AvgIpc) is 3.12. The molecule has 1 aliphatic heterocycles. The highest BCUT2D eigenvalue weighted by Crippen LogP contribution is 2.18. The molecule has 1 saturated heterocycles. The zero-order valence-electron chi connectivity index (χ0n) is 14.8. The fraction of sp³-hybridized carbons (Fsp3) is 0.300. The van der Waals surface area contributed by atoms with Crippen LogP contribution in [0.2, 0.25) is 0 Å². The maximum absolute atomic E-state index is 13.9. The molecule has 134 valence electrons. The van der Waals surface area contributed by atoms with E-state index in [4.69, 9.17) is 4.52 Å². The van der Waals surface area contributed by atoms with Crippen molar-refractivity contribution in [3.8, 4) is 11.4 Å². The summed E-state index contributed by atoms with van der Waals surface area (Å²) in [5.41, 5.74) is 2.85. The number of aromatic nitrogens is 2. The largest absolute Gasteiger partial charge is 0.358 e. The van der Waals surface area contributed by atoms with E-state index in [0.29, 0.717) is 23.9 Å². The highest BCUT2D eigenvalue weighted by atomic mass is 19.1. The molecule has 5 nitrogen and oxygen atoms in total. The third-order valence-corrected chi connectivity index (χ3v) is 4.84. The van der Waals surface area contributed by atoms with E-state index in [1.807, 2.05) is 36.4 Å². The van der Waals surface area contributed by atoms with Crippen LogP contribution in [-0.2, 0) is 6.54 Å². The summed E-state index contributed by atoms with van der Waals surface area (Å²) < 4.78 is 19.4. The number of para-hydroxylation sites is 1. The Morgan fingerprint density at radius 1 is 1.08 bits per heavy atom. The molecule has 1 aliphatic rings. The Morgan fingerprint density at radius 3 is 2.54 bits per heavy atom. The molecule has 0 unspecified atom stereocenters. The summed E-state index contributed by atoms with van der Waals surface area (Å²) in [6.07, 6.45) is 0. The molecule has 0 bridgehead atoms. The maximum Gasteiger partial charge on any atom is 0.282 e. The molecular formula is C20H22FN4O+. The third kappa shape index (κ3) is 3.60. The standard InChI is InChI=1S/C20H21FN4O/c1-15-6-8-16(9-7-15)20-22-19(26-23-20)14-24-10-12-25(13-11-24)18-5-3-2-4-17(18)21/h2-9H,10-14H2,1H3/p+1. The second-order valence-corrected chi connectivity index (χ2v) is 6.74. The number of hydrogen-bond donors (Lipinski definition) is 1. The summed E-state index contributed by atoms with van der Waals surface area (Å²) >= 11 is 0. The summed E-state index contributed by atoms with van der Waals surface area (Å²) in [6.45, 7) is 6.21. The highest BCUT2D eigenvalue weighted by Gasteiger charge is 2.24. The Morgan fingerprint density at radius 2 is 1.81 bits per heavy atom. The number of hydrogen-bond acceptors (Lipinski definition) is 4. The van der Waals surface area contributed by atoms with Crippen molar-refractivity contribution in [2.24, 2.45) is 0 Å². The number of halogens is 1. The Bertz CT molecular complexity index is 870. The molecule has 4 rings (SSSR count). The van der Waals surface area contributed by atoms with Gasteiger partial charge in [0, 0.05) is 5.56 Å². The van der Waals surface area contributed by atoms with Gasteiger partial charge in [0.05, 0.1) is 31.9 Å². The van der Waals surface area contributed by atoms with Crippen LogP contribution < -0.4 is 9.80 Å². The zero-order chi connectivity index (χ0) is 17.9. The molecule has 0 saturated carbocycles. The van der Waals surface area contributed by atoms with Crippen LogP contribution in [0.1, 0.15) is 11.5 Å². The predicted molar refractivity (Wildman–Crippen MR) is 97.5 cm³/mol. The molecule has 0 atom stereocenters.